The molecule has 1 saturated heterocycles. The topological polar surface area (TPSA) is 41.7 Å². The van der Waals surface area contributed by atoms with Crippen LogP contribution in [0.2, 0.25) is 0 Å². The van der Waals surface area contributed by atoms with Crippen LogP contribution in [0.3, 0.4) is 0 Å². The second-order valence-electron chi connectivity index (χ2n) is 7.91. The van der Waals surface area contributed by atoms with Crippen LogP contribution in [-0.2, 0) is 13.0 Å². The molecule has 148 valence electrons. The number of rotatable bonds is 8. The number of methoxy groups -OCH3 is 1. The number of piperidine rings is 1. The number of likely N-dealkylation sites (tertiary alicyclic amines) is 1. The summed E-state index contributed by atoms with van der Waals surface area (Å²) < 4.78 is 10.5. The molecule has 5 heteroatoms. The van der Waals surface area contributed by atoms with Gasteiger partial charge in [0.2, 0.25) is 0 Å². The molecule has 0 radical (unpaired) electrons. The van der Waals surface area contributed by atoms with Gasteiger partial charge in [-0.25, -0.2) is 0 Å². The largest absolute Gasteiger partial charge is 0.497 e. The first-order valence-electron chi connectivity index (χ1n) is 10.0. The lowest BCUT2D eigenvalue weighted by Crippen LogP contribution is -2.40. The average Bonchev–Trinajstić information content (AvgIpc) is 2.99. The normalized spacial score (nSPS) is 18.2. The fourth-order valence-electron chi connectivity index (χ4n) is 4.09. The quantitative estimate of drug-likeness (QED) is 0.708. The molecule has 5 nitrogen and oxygen atoms in total. The maximum Gasteiger partial charge on any atom is 0.138 e. The van der Waals surface area contributed by atoms with E-state index in [1.165, 1.54) is 37.1 Å². The van der Waals surface area contributed by atoms with Crippen molar-refractivity contribution in [1.82, 2.24) is 15.0 Å². The van der Waals surface area contributed by atoms with Crippen molar-refractivity contribution in [3.05, 3.63) is 46.8 Å². The minimum Gasteiger partial charge on any atom is -0.497 e. The lowest BCUT2D eigenvalue weighted by molar-refractivity contribution is 0.142. The molecule has 0 saturated carbocycles. The molecule has 3 rings (SSSR count). The van der Waals surface area contributed by atoms with E-state index in [0.29, 0.717) is 0 Å². The summed E-state index contributed by atoms with van der Waals surface area (Å²) in [7, 11) is 3.92. The van der Waals surface area contributed by atoms with Gasteiger partial charge in [-0.15, -0.1) is 0 Å². The number of aromatic nitrogens is 1. The van der Waals surface area contributed by atoms with Gasteiger partial charge in [0.1, 0.15) is 11.5 Å². The summed E-state index contributed by atoms with van der Waals surface area (Å²) in [5.74, 6) is 2.61. The number of ether oxygens (including phenoxy) is 1. The Labute approximate surface area is 163 Å². The van der Waals surface area contributed by atoms with Gasteiger partial charge in [-0.1, -0.05) is 17.3 Å². The van der Waals surface area contributed by atoms with Gasteiger partial charge in [0, 0.05) is 31.7 Å². The van der Waals surface area contributed by atoms with E-state index in [-0.39, 0.29) is 0 Å². The van der Waals surface area contributed by atoms with Crippen LogP contribution in [0.15, 0.2) is 28.8 Å². The van der Waals surface area contributed by atoms with Crippen LogP contribution in [0.25, 0.3) is 0 Å². The SMILES string of the molecule is COc1ccc(CCN2CCC[C@H](CN(C)Cc3c(C)noc3C)C2)cc1. The van der Waals surface area contributed by atoms with Crippen LogP contribution < -0.4 is 4.74 Å². The molecule has 0 N–H and O–H groups in total. The Balaban J connectivity index is 1.45. The molecule has 1 aromatic carbocycles. The molecule has 1 aliphatic rings. The third kappa shape index (κ3) is 5.56. The smallest absolute Gasteiger partial charge is 0.138 e. The Bertz CT molecular complexity index is 691. The zero-order chi connectivity index (χ0) is 19.2. The van der Waals surface area contributed by atoms with Crippen LogP contribution >= 0.6 is 0 Å². The first kappa shape index (κ1) is 19.9. The highest BCUT2D eigenvalue weighted by molar-refractivity contribution is 5.27. The minimum atomic E-state index is 0.736. The molecule has 0 aliphatic carbocycles. The van der Waals surface area contributed by atoms with E-state index in [1.54, 1.807) is 7.11 Å². The van der Waals surface area contributed by atoms with Crippen molar-refractivity contribution in [2.45, 2.75) is 39.7 Å². The molecule has 2 aromatic rings. The molecular weight excluding hydrogens is 338 g/mol. The fraction of sp³-hybridized carbons (Fsp3) is 0.591. The highest BCUT2D eigenvalue weighted by Crippen LogP contribution is 2.20. The van der Waals surface area contributed by atoms with E-state index in [9.17, 15) is 0 Å². The summed E-state index contributed by atoms with van der Waals surface area (Å²) in [5, 5.41) is 4.07. The Morgan fingerprint density at radius 1 is 1.26 bits per heavy atom. The summed E-state index contributed by atoms with van der Waals surface area (Å²) in [6, 6.07) is 8.46. The summed E-state index contributed by atoms with van der Waals surface area (Å²) in [6.45, 7) is 9.64. The van der Waals surface area contributed by atoms with Gasteiger partial charge < -0.3 is 19.1 Å². The van der Waals surface area contributed by atoms with E-state index in [0.717, 1.165) is 49.2 Å². The maximum absolute atomic E-state index is 5.30. The minimum absolute atomic E-state index is 0.736. The predicted molar refractivity (Wildman–Crippen MR) is 108 cm³/mol. The van der Waals surface area contributed by atoms with Crippen molar-refractivity contribution in [3.8, 4) is 5.75 Å². The third-order valence-corrected chi connectivity index (χ3v) is 5.66. The number of nitrogens with zero attached hydrogens (tertiary/aromatic N) is 3. The number of aryl methyl sites for hydroxylation is 2. The number of benzene rings is 1. The van der Waals surface area contributed by atoms with Crippen molar-refractivity contribution >= 4 is 0 Å². The van der Waals surface area contributed by atoms with Gasteiger partial charge in [-0.3, -0.25) is 0 Å². The van der Waals surface area contributed by atoms with Gasteiger partial charge in [0.25, 0.3) is 0 Å². The first-order valence-corrected chi connectivity index (χ1v) is 10.0. The van der Waals surface area contributed by atoms with Gasteiger partial charge in [-0.05, 0) is 70.3 Å². The number of hydrogen-bond donors (Lipinski definition) is 0. The lowest BCUT2D eigenvalue weighted by atomic mass is 9.97. The molecule has 27 heavy (non-hydrogen) atoms. The van der Waals surface area contributed by atoms with Gasteiger partial charge in [-0.2, -0.15) is 0 Å². The molecule has 1 aliphatic heterocycles. The standard InChI is InChI=1S/C22H33N3O2/c1-17-22(18(2)27-23-17)16-24(3)14-20-6-5-12-25(15-20)13-11-19-7-9-21(26-4)10-8-19/h7-10,20H,5-6,11-16H2,1-4H3/t20-/m1/s1. The Hall–Kier alpha value is -1.85. The van der Waals surface area contributed by atoms with Crippen molar-refractivity contribution < 1.29 is 9.26 Å². The third-order valence-electron chi connectivity index (χ3n) is 5.66. The molecule has 0 amide bonds. The van der Waals surface area contributed by atoms with E-state index in [4.69, 9.17) is 9.26 Å². The molecule has 0 unspecified atom stereocenters. The maximum atomic E-state index is 5.30. The van der Waals surface area contributed by atoms with E-state index in [1.807, 2.05) is 13.8 Å². The fourth-order valence-corrected chi connectivity index (χ4v) is 4.09. The highest BCUT2D eigenvalue weighted by atomic mass is 16.5. The highest BCUT2D eigenvalue weighted by Gasteiger charge is 2.22. The Kier molecular flexibility index (Phi) is 6.91. The zero-order valence-corrected chi connectivity index (χ0v) is 17.2. The van der Waals surface area contributed by atoms with Crippen molar-refractivity contribution in [1.29, 1.82) is 0 Å². The monoisotopic (exact) mass is 371 g/mol. The predicted octanol–water partition coefficient (Wildman–Crippen LogP) is 3.69. The van der Waals surface area contributed by atoms with E-state index >= 15 is 0 Å². The molecule has 0 bridgehead atoms. The molecule has 1 fully saturated rings. The Morgan fingerprint density at radius 3 is 2.70 bits per heavy atom. The average molecular weight is 372 g/mol. The van der Waals surface area contributed by atoms with Crippen LogP contribution in [0.5, 0.6) is 5.75 Å². The van der Waals surface area contributed by atoms with Crippen LogP contribution in [-0.4, -0.2) is 55.3 Å². The van der Waals surface area contributed by atoms with Crippen LogP contribution in [0.1, 0.15) is 35.4 Å². The van der Waals surface area contributed by atoms with Crippen LogP contribution in [0.4, 0.5) is 0 Å². The lowest BCUT2D eigenvalue weighted by Gasteiger charge is -2.34. The molecule has 1 aromatic heterocycles. The second kappa shape index (κ2) is 9.38. The van der Waals surface area contributed by atoms with Gasteiger partial charge in [0.05, 0.1) is 12.8 Å². The molecular formula is C22H33N3O2. The van der Waals surface area contributed by atoms with Crippen molar-refractivity contribution in [3.63, 3.8) is 0 Å². The molecule has 0 spiro atoms. The summed E-state index contributed by atoms with van der Waals surface area (Å²) >= 11 is 0. The van der Waals surface area contributed by atoms with Gasteiger partial charge >= 0.3 is 0 Å². The summed E-state index contributed by atoms with van der Waals surface area (Å²) in [4.78, 5) is 5.05. The summed E-state index contributed by atoms with van der Waals surface area (Å²) in [5.41, 5.74) is 3.64. The van der Waals surface area contributed by atoms with Crippen molar-refractivity contribution in [2.75, 3.05) is 40.3 Å². The van der Waals surface area contributed by atoms with E-state index < -0.39 is 0 Å². The first-order chi connectivity index (χ1) is 13.0. The van der Waals surface area contributed by atoms with Crippen molar-refractivity contribution in [2.24, 2.45) is 5.92 Å². The van der Waals surface area contributed by atoms with Gasteiger partial charge in [0.15, 0.2) is 0 Å². The van der Waals surface area contributed by atoms with Crippen LogP contribution in [0, 0.1) is 19.8 Å². The molecule has 1 atom stereocenters. The second-order valence-corrected chi connectivity index (χ2v) is 7.91. The molecule has 2 heterocycles. The summed E-state index contributed by atoms with van der Waals surface area (Å²) in [6.07, 6.45) is 3.73. The Morgan fingerprint density at radius 2 is 2.04 bits per heavy atom. The number of hydrogen-bond acceptors (Lipinski definition) is 5. The van der Waals surface area contributed by atoms with E-state index in [2.05, 4.69) is 46.3 Å². The zero-order valence-electron chi connectivity index (χ0n) is 17.2.